The summed E-state index contributed by atoms with van der Waals surface area (Å²) < 4.78 is 5.70. The Balaban J connectivity index is 2.96. The van der Waals surface area contributed by atoms with Crippen molar-refractivity contribution in [2.24, 2.45) is 5.73 Å². The minimum absolute atomic E-state index is 0.0197. The summed E-state index contributed by atoms with van der Waals surface area (Å²) in [5.41, 5.74) is 10.5. The molecule has 0 bridgehead atoms. The van der Waals surface area contributed by atoms with E-state index in [1.54, 1.807) is 0 Å². The van der Waals surface area contributed by atoms with Gasteiger partial charge in [0.1, 0.15) is 12.4 Å². The maximum atomic E-state index is 11.0. The zero-order valence-electron chi connectivity index (χ0n) is 7.56. The van der Waals surface area contributed by atoms with E-state index >= 15 is 0 Å². The second-order valence-electron chi connectivity index (χ2n) is 2.56. The van der Waals surface area contributed by atoms with Crippen LogP contribution in [-0.2, 0) is 16.1 Å². The average Bonchev–Trinajstić information content (AvgIpc) is 2.46. The Kier molecular flexibility index (Phi) is 2.70. The lowest BCUT2D eigenvalue weighted by Gasteiger charge is -2.01. The van der Waals surface area contributed by atoms with Crippen molar-refractivity contribution in [3.63, 3.8) is 0 Å². The number of aromatic nitrogens is 2. The number of carbonyl (C=O) groups is 2. The highest BCUT2D eigenvalue weighted by Gasteiger charge is 2.16. The molecule has 4 N–H and O–H groups in total. The van der Waals surface area contributed by atoms with Crippen LogP contribution in [0.2, 0.25) is 0 Å². The van der Waals surface area contributed by atoms with E-state index in [-0.39, 0.29) is 18.1 Å². The minimum atomic E-state index is -0.647. The fourth-order valence-electron chi connectivity index (χ4n) is 0.940. The van der Waals surface area contributed by atoms with Gasteiger partial charge in [-0.2, -0.15) is 0 Å². The van der Waals surface area contributed by atoms with Crippen molar-refractivity contribution in [1.29, 1.82) is 0 Å². The number of carbonyl (C=O) groups excluding carboxylic acids is 2. The Morgan fingerprint density at radius 2 is 2.29 bits per heavy atom. The summed E-state index contributed by atoms with van der Waals surface area (Å²) in [4.78, 5) is 25.3. The van der Waals surface area contributed by atoms with Crippen molar-refractivity contribution in [1.82, 2.24) is 9.55 Å². The molecule has 76 valence electrons. The number of hydrogen-bond acceptors (Lipinski definition) is 5. The lowest BCUT2D eigenvalue weighted by molar-refractivity contribution is -0.118. The number of rotatable bonds is 3. The molecule has 0 spiro atoms. The number of nitrogen functional groups attached to an aromatic ring is 1. The molecule has 0 radical (unpaired) electrons. The molecule has 14 heavy (non-hydrogen) atoms. The summed E-state index contributed by atoms with van der Waals surface area (Å²) in [7, 11) is 1.22. The first-order chi connectivity index (χ1) is 6.56. The van der Waals surface area contributed by atoms with E-state index in [0.29, 0.717) is 0 Å². The van der Waals surface area contributed by atoms with Crippen LogP contribution in [0, 0.1) is 0 Å². The highest BCUT2D eigenvalue weighted by atomic mass is 16.5. The van der Waals surface area contributed by atoms with Gasteiger partial charge in [0.05, 0.1) is 13.4 Å². The van der Waals surface area contributed by atoms with Gasteiger partial charge in [0.2, 0.25) is 5.91 Å². The van der Waals surface area contributed by atoms with Gasteiger partial charge in [-0.15, -0.1) is 0 Å². The third-order valence-corrected chi connectivity index (χ3v) is 1.58. The van der Waals surface area contributed by atoms with E-state index < -0.39 is 11.9 Å². The number of hydrogen-bond donors (Lipinski definition) is 2. The van der Waals surface area contributed by atoms with Crippen LogP contribution in [-0.4, -0.2) is 28.5 Å². The molecule has 0 fully saturated rings. The molecule has 1 rings (SSSR count). The van der Waals surface area contributed by atoms with Crippen molar-refractivity contribution in [3.8, 4) is 0 Å². The standard InChI is InChI=1S/C7H10N4O3/c1-14-7(13)5-6(9)11(3-10-5)2-4(8)12/h3H,2,9H2,1H3,(H2,8,12). The van der Waals surface area contributed by atoms with Crippen LogP contribution in [0.15, 0.2) is 6.33 Å². The number of nitrogens with zero attached hydrogens (tertiary/aromatic N) is 2. The van der Waals surface area contributed by atoms with Crippen LogP contribution in [0.3, 0.4) is 0 Å². The topological polar surface area (TPSA) is 113 Å². The molecule has 0 saturated carbocycles. The summed E-state index contributed by atoms with van der Waals surface area (Å²) in [5, 5.41) is 0. The molecule has 0 aliphatic rings. The third kappa shape index (κ3) is 1.82. The zero-order valence-corrected chi connectivity index (χ0v) is 7.56. The molecule has 0 unspecified atom stereocenters. The fraction of sp³-hybridized carbons (Fsp3) is 0.286. The second kappa shape index (κ2) is 3.77. The lowest BCUT2D eigenvalue weighted by Crippen LogP contribution is -2.19. The SMILES string of the molecule is COC(=O)c1ncn(CC(N)=O)c1N. The number of nitrogens with two attached hydrogens (primary N) is 2. The van der Waals surface area contributed by atoms with Crippen LogP contribution < -0.4 is 11.5 Å². The maximum Gasteiger partial charge on any atom is 0.360 e. The van der Waals surface area contributed by atoms with Gasteiger partial charge in [0.25, 0.3) is 0 Å². The monoisotopic (exact) mass is 198 g/mol. The molecule has 0 aliphatic carbocycles. The molecule has 0 atom stereocenters. The van der Waals surface area contributed by atoms with Gasteiger partial charge >= 0.3 is 5.97 Å². The Morgan fingerprint density at radius 1 is 1.64 bits per heavy atom. The fourth-order valence-corrected chi connectivity index (χ4v) is 0.940. The lowest BCUT2D eigenvalue weighted by atomic mass is 10.4. The van der Waals surface area contributed by atoms with Crippen LogP contribution >= 0.6 is 0 Å². The van der Waals surface area contributed by atoms with Crippen LogP contribution in [0.25, 0.3) is 0 Å². The number of methoxy groups -OCH3 is 1. The van der Waals surface area contributed by atoms with Gasteiger partial charge < -0.3 is 20.8 Å². The number of esters is 1. The van der Waals surface area contributed by atoms with Crippen molar-refractivity contribution in [2.75, 3.05) is 12.8 Å². The van der Waals surface area contributed by atoms with Gasteiger partial charge in [0, 0.05) is 0 Å². The van der Waals surface area contributed by atoms with Crippen LogP contribution in [0.1, 0.15) is 10.5 Å². The summed E-state index contributed by atoms with van der Waals surface area (Å²) in [5.74, 6) is -1.15. The van der Waals surface area contributed by atoms with Crippen LogP contribution in [0.5, 0.6) is 0 Å². The predicted molar refractivity (Wildman–Crippen MR) is 47.2 cm³/mol. The minimum Gasteiger partial charge on any atom is -0.464 e. The Bertz CT molecular complexity index is 371. The van der Waals surface area contributed by atoms with Crippen molar-refractivity contribution >= 4 is 17.7 Å². The Morgan fingerprint density at radius 3 is 2.79 bits per heavy atom. The molecular formula is C7H10N4O3. The summed E-state index contributed by atoms with van der Waals surface area (Å²) in [6.45, 7) is -0.115. The highest BCUT2D eigenvalue weighted by Crippen LogP contribution is 2.10. The van der Waals surface area contributed by atoms with Crippen molar-refractivity contribution in [2.45, 2.75) is 6.54 Å². The van der Waals surface area contributed by atoms with E-state index in [4.69, 9.17) is 11.5 Å². The predicted octanol–water partition coefficient (Wildman–Crippen LogP) is -1.26. The Hall–Kier alpha value is -2.05. The van der Waals surface area contributed by atoms with Gasteiger partial charge in [-0.1, -0.05) is 0 Å². The number of primary amides is 1. The van der Waals surface area contributed by atoms with E-state index in [1.807, 2.05) is 0 Å². The number of ether oxygens (including phenoxy) is 1. The van der Waals surface area contributed by atoms with E-state index in [0.717, 1.165) is 0 Å². The molecule has 1 aromatic rings. The van der Waals surface area contributed by atoms with E-state index in [9.17, 15) is 9.59 Å². The molecule has 0 aromatic carbocycles. The first-order valence-corrected chi connectivity index (χ1v) is 3.73. The average molecular weight is 198 g/mol. The van der Waals surface area contributed by atoms with Gasteiger partial charge in [0.15, 0.2) is 5.69 Å². The summed E-state index contributed by atoms with van der Waals surface area (Å²) in [6.07, 6.45) is 1.26. The smallest absolute Gasteiger partial charge is 0.360 e. The van der Waals surface area contributed by atoms with Crippen LogP contribution in [0.4, 0.5) is 5.82 Å². The second-order valence-corrected chi connectivity index (χ2v) is 2.56. The molecule has 7 nitrogen and oxygen atoms in total. The van der Waals surface area contributed by atoms with Gasteiger partial charge in [-0.3, -0.25) is 4.79 Å². The Labute approximate surface area is 79.6 Å². The van der Waals surface area contributed by atoms with Crippen molar-refractivity contribution in [3.05, 3.63) is 12.0 Å². The van der Waals surface area contributed by atoms with E-state index in [2.05, 4.69) is 9.72 Å². The largest absolute Gasteiger partial charge is 0.464 e. The van der Waals surface area contributed by atoms with E-state index in [1.165, 1.54) is 18.0 Å². The number of imidazole rings is 1. The third-order valence-electron chi connectivity index (χ3n) is 1.58. The highest BCUT2D eigenvalue weighted by molar-refractivity contribution is 5.92. The maximum absolute atomic E-state index is 11.0. The molecule has 0 saturated heterocycles. The molecule has 1 aromatic heterocycles. The number of anilines is 1. The van der Waals surface area contributed by atoms with Gasteiger partial charge in [-0.25, -0.2) is 9.78 Å². The molecule has 1 amide bonds. The summed E-state index contributed by atoms with van der Waals surface area (Å²) in [6, 6.07) is 0. The molecule has 7 heteroatoms. The first kappa shape index (κ1) is 10.0. The molecular weight excluding hydrogens is 188 g/mol. The van der Waals surface area contributed by atoms with Gasteiger partial charge in [-0.05, 0) is 0 Å². The van der Waals surface area contributed by atoms with Crippen molar-refractivity contribution < 1.29 is 14.3 Å². The normalized spacial score (nSPS) is 9.79. The first-order valence-electron chi connectivity index (χ1n) is 3.73. The zero-order chi connectivity index (χ0) is 10.7. The quantitative estimate of drug-likeness (QED) is 0.588. The molecule has 0 aliphatic heterocycles. The summed E-state index contributed by atoms with van der Waals surface area (Å²) >= 11 is 0. The molecule has 1 heterocycles. The number of amides is 1.